The van der Waals surface area contributed by atoms with Crippen molar-refractivity contribution in [3.05, 3.63) is 54.6 Å². The van der Waals surface area contributed by atoms with Gasteiger partial charge in [-0.15, -0.1) is 11.8 Å². The molecule has 0 amide bonds. The third-order valence-corrected chi connectivity index (χ3v) is 7.82. The lowest BCUT2D eigenvalue weighted by atomic mass is 10.3. The van der Waals surface area contributed by atoms with Gasteiger partial charge in [0.05, 0.1) is 4.90 Å². The zero-order chi connectivity index (χ0) is 15.6. The van der Waals surface area contributed by atoms with Gasteiger partial charge in [0, 0.05) is 5.25 Å². The smallest absolute Gasteiger partial charge is 0.191 e. The van der Waals surface area contributed by atoms with Gasteiger partial charge in [-0.25, -0.2) is 8.42 Å². The Hall–Kier alpha value is -1.46. The lowest BCUT2D eigenvalue weighted by Gasteiger charge is -2.07. The van der Waals surface area contributed by atoms with Crippen LogP contribution in [0.3, 0.4) is 0 Å². The second-order valence-corrected chi connectivity index (χ2v) is 9.02. The third kappa shape index (κ3) is 3.31. The number of ether oxygens (including phenoxy) is 1. The molecule has 1 heterocycles. The summed E-state index contributed by atoms with van der Waals surface area (Å²) in [6, 6.07) is 16.1. The first-order valence-electron chi connectivity index (χ1n) is 7.33. The van der Waals surface area contributed by atoms with Crippen molar-refractivity contribution in [2.24, 2.45) is 0 Å². The van der Waals surface area contributed by atoms with Crippen LogP contribution >= 0.6 is 11.8 Å². The monoisotopic (exact) mass is 334 g/mol. The minimum absolute atomic E-state index is 0.259. The van der Waals surface area contributed by atoms with Gasteiger partial charge in [0.25, 0.3) is 0 Å². The molecule has 3 rings (SSSR count). The minimum atomic E-state index is -3.22. The number of rotatable bonds is 6. The lowest BCUT2D eigenvalue weighted by Crippen LogP contribution is -2.10. The van der Waals surface area contributed by atoms with Crippen LogP contribution in [0.25, 0.3) is 0 Å². The van der Waals surface area contributed by atoms with Crippen molar-refractivity contribution in [2.45, 2.75) is 34.5 Å². The van der Waals surface area contributed by atoms with Gasteiger partial charge in [-0.3, -0.25) is 0 Å². The molecule has 0 aromatic heterocycles. The Morgan fingerprint density at radius 2 is 1.64 bits per heavy atom. The van der Waals surface area contributed by atoms with E-state index < -0.39 is 9.84 Å². The molecule has 2 aromatic carbocycles. The molecule has 0 radical (unpaired) electrons. The molecular formula is C17H18O3S2. The summed E-state index contributed by atoms with van der Waals surface area (Å²) in [6.07, 6.45) is 1.98. The number of thioether (sulfide) groups is 1. The van der Waals surface area contributed by atoms with E-state index >= 15 is 0 Å². The number of para-hydroxylation sites is 1. The quantitative estimate of drug-likeness (QED) is 0.730. The summed E-state index contributed by atoms with van der Waals surface area (Å²) >= 11 is 1.55. The van der Waals surface area contributed by atoms with Gasteiger partial charge in [-0.1, -0.05) is 31.5 Å². The summed E-state index contributed by atoms with van der Waals surface area (Å²) in [5.74, 6) is 1.37. The van der Waals surface area contributed by atoms with Crippen LogP contribution in [0.2, 0.25) is 0 Å². The van der Waals surface area contributed by atoms with E-state index in [1.165, 1.54) is 0 Å². The second-order valence-electron chi connectivity index (χ2n) is 5.26. The molecule has 3 nitrogen and oxygen atoms in total. The standard InChI is InChI=1S/C17H18O3S2/c1-2-6-16-17(21-16)22(18,19)15-11-9-14(10-12-15)20-13-7-4-3-5-8-13/h3-5,7-12,16-17H,2,6H2,1H3. The van der Waals surface area contributed by atoms with Crippen LogP contribution in [0.15, 0.2) is 59.5 Å². The highest BCUT2D eigenvalue weighted by molar-refractivity contribution is 8.21. The number of hydrogen-bond acceptors (Lipinski definition) is 4. The van der Waals surface area contributed by atoms with Crippen molar-refractivity contribution >= 4 is 21.6 Å². The molecule has 1 fully saturated rings. The molecule has 0 saturated carbocycles. The van der Waals surface area contributed by atoms with E-state index in [9.17, 15) is 8.42 Å². The summed E-state index contributed by atoms with van der Waals surface area (Å²) in [6.45, 7) is 2.08. The van der Waals surface area contributed by atoms with Crippen molar-refractivity contribution in [2.75, 3.05) is 0 Å². The SMILES string of the molecule is CCCC1SC1S(=O)(=O)c1ccc(Oc2ccccc2)cc1. The Balaban J connectivity index is 1.72. The minimum Gasteiger partial charge on any atom is -0.457 e. The maximum absolute atomic E-state index is 12.5. The number of sulfone groups is 1. The normalized spacial score (nSPS) is 20.6. The lowest BCUT2D eigenvalue weighted by molar-refractivity contribution is 0.482. The van der Waals surface area contributed by atoms with E-state index in [-0.39, 0.29) is 9.83 Å². The molecule has 22 heavy (non-hydrogen) atoms. The highest BCUT2D eigenvalue weighted by Gasteiger charge is 2.48. The highest BCUT2D eigenvalue weighted by Crippen LogP contribution is 2.49. The molecule has 1 saturated heterocycles. The number of hydrogen-bond donors (Lipinski definition) is 0. The Labute approximate surface area is 135 Å². The van der Waals surface area contributed by atoms with Crippen molar-refractivity contribution in [3.8, 4) is 11.5 Å². The number of benzene rings is 2. The molecule has 5 heteroatoms. The van der Waals surface area contributed by atoms with Gasteiger partial charge in [0.15, 0.2) is 9.84 Å². The third-order valence-electron chi connectivity index (χ3n) is 3.55. The van der Waals surface area contributed by atoms with E-state index in [1.54, 1.807) is 36.0 Å². The fraction of sp³-hybridized carbons (Fsp3) is 0.294. The second kappa shape index (κ2) is 6.34. The van der Waals surface area contributed by atoms with Crippen molar-refractivity contribution in [1.29, 1.82) is 0 Å². The average Bonchev–Trinajstić information content (AvgIpc) is 3.29. The van der Waals surface area contributed by atoms with Gasteiger partial charge in [-0.05, 0) is 42.8 Å². The molecule has 116 valence electrons. The molecule has 1 aliphatic heterocycles. The first kappa shape index (κ1) is 15.4. The first-order valence-corrected chi connectivity index (χ1v) is 9.82. The molecule has 2 unspecified atom stereocenters. The fourth-order valence-corrected chi connectivity index (χ4v) is 6.21. The van der Waals surface area contributed by atoms with Gasteiger partial charge < -0.3 is 4.74 Å². The van der Waals surface area contributed by atoms with E-state index in [0.29, 0.717) is 10.6 Å². The van der Waals surface area contributed by atoms with Crippen LogP contribution < -0.4 is 4.74 Å². The van der Waals surface area contributed by atoms with Crippen LogP contribution in [0, 0.1) is 0 Å². The summed E-state index contributed by atoms with van der Waals surface area (Å²) in [7, 11) is -3.22. The maximum Gasteiger partial charge on any atom is 0.191 e. The first-order chi connectivity index (χ1) is 10.6. The molecule has 2 aromatic rings. The summed E-state index contributed by atoms with van der Waals surface area (Å²) < 4.78 is 30.4. The molecule has 0 N–H and O–H groups in total. The topological polar surface area (TPSA) is 43.4 Å². The van der Waals surface area contributed by atoms with E-state index in [0.717, 1.165) is 18.6 Å². The van der Waals surface area contributed by atoms with Gasteiger partial charge in [-0.2, -0.15) is 0 Å². The van der Waals surface area contributed by atoms with Crippen LogP contribution in [-0.2, 0) is 9.84 Å². The summed E-state index contributed by atoms with van der Waals surface area (Å²) in [5.41, 5.74) is 0. The van der Waals surface area contributed by atoms with Crippen molar-refractivity contribution in [3.63, 3.8) is 0 Å². The van der Waals surface area contributed by atoms with E-state index in [1.807, 2.05) is 30.3 Å². The van der Waals surface area contributed by atoms with Crippen LogP contribution in [0.4, 0.5) is 0 Å². The van der Waals surface area contributed by atoms with Crippen LogP contribution in [0.5, 0.6) is 11.5 Å². The van der Waals surface area contributed by atoms with Crippen LogP contribution in [0.1, 0.15) is 19.8 Å². The van der Waals surface area contributed by atoms with Crippen molar-refractivity contribution in [1.82, 2.24) is 0 Å². The molecule has 0 spiro atoms. The maximum atomic E-state index is 12.5. The van der Waals surface area contributed by atoms with Gasteiger partial charge in [0.1, 0.15) is 16.1 Å². The Morgan fingerprint density at radius 1 is 1.00 bits per heavy atom. The predicted octanol–water partition coefficient (Wildman–Crippen LogP) is 4.49. The van der Waals surface area contributed by atoms with E-state index in [4.69, 9.17) is 4.74 Å². The summed E-state index contributed by atoms with van der Waals surface area (Å²) in [4.78, 5) is 0.379. The fourth-order valence-electron chi connectivity index (χ4n) is 2.34. The molecule has 0 aliphatic carbocycles. The zero-order valence-corrected chi connectivity index (χ0v) is 13.9. The molecule has 2 atom stereocenters. The van der Waals surface area contributed by atoms with Gasteiger partial charge in [0.2, 0.25) is 0 Å². The predicted molar refractivity (Wildman–Crippen MR) is 90.2 cm³/mol. The largest absolute Gasteiger partial charge is 0.457 e. The summed E-state index contributed by atoms with van der Waals surface area (Å²) in [5, 5.41) is 0.259. The van der Waals surface area contributed by atoms with E-state index in [2.05, 4.69) is 6.92 Å². The molecule has 1 aliphatic rings. The van der Waals surface area contributed by atoms with Crippen LogP contribution in [-0.4, -0.2) is 18.2 Å². The molecular weight excluding hydrogens is 316 g/mol. The zero-order valence-electron chi connectivity index (χ0n) is 12.3. The Bertz CT molecular complexity index is 724. The van der Waals surface area contributed by atoms with Gasteiger partial charge >= 0.3 is 0 Å². The highest BCUT2D eigenvalue weighted by atomic mass is 32.3. The average molecular weight is 334 g/mol. The molecule has 0 bridgehead atoms. The Morgan fingerprint density at radius 3 is 2.27 bits per heavy atom. The van der Waals surface area contributed by atoms with Crippen molar-refractivity contribution < 1.29 is 13.2 Å². The Kier molecular flexibility index (Phi) is 4.45.